The van der Waals surface area contributed by atoms with Gasteiger partial charge in [-0.2, -0.15) is 0 Å². The topological polar surface area (TPSA) is 44.7 Å². The first-order valence-corrected chi connectivity index (χ1v) is 11.5. The van der Waals surface area contributed by atoms with E-state index in [0.717, 1.165) is 56.8 Å². The second-order valence-electron chi connectivity index (χ2n) is 8.00. The van der Waals surface area contributed by atoms with Crippen LogP contribution in [0.3, 0.4) is 0 Å². The second-order valence-corrected chi connectivity index (χ2v) is 8.81. The van der Waals surface area contributed by atoms with Crippen molar-refractivity contribution in [1.29, 1.82) is 0 Å². The lowest BCUT2D eigenvalue weighted by Gasteiger charge is -2.42. The Bertz CT molecular complexity index is 768. The van der Waals surface area contributed by atoms with Gasteiger partial charge in [-0.15, -0.1) is 0 Å². The number of nitrogens with zero attached hydrogens (tertiary/aromatic N) is 1. The first-order chi connectivity index (χ1) is 14.5. The fourth-order valence-corrected chi connectivity index (χ4v) is 4.43. The first kappa shape index (κ1) is 23.5. The van der Waals surface area contributed by atoms with Crippen LogP contribution in [0.25, 0.3) is 0 Å². The Kier molecular flexibility index (Phi) is 8.99. The number of hydrogen-bond acceptors (Lipinski definition) is 4. The summed E-state index contributed by atoms with van der Waals surface area (Å²) in [6, 6.07) is 16.0. The number of benzene rings is 2. The number of likely N-dealkylation sites (N-methyl/N-ethyl adjacent to an activating group) is 1. The highest BCUT2D eigenvalue weighted by atomic mass is 35.5. The average molecular weight is 451 g/mol. The number of halogens is 2. The molecular weight excluding hydrogens is 419 g/mol. The molecule has 2 saturated heterocycles. The molecule has 0 radical (unpaired) electrons. The number of rotatable bonds is 5. The Morgan fingerprint density at radius 1 is 1.03 bits per heavy atom. The van der Waals surface area contributed by atoms with E-state index >= 15 is 0 Å². The zero-order valence-corrected chi connectivity index (χ0v) is 19.1. The van der Waals surface area contributed by atoms with E-state index in [9.17, 15) is 5.11 Å². The van der Waals surface area contributed by atoms with Gasteiger partial charge in [0.05, 0.1) is 15.6 Å². The Balaban J connectivity index is 0.000000448. The van der Waals surface area contributed by atoms with Crippen molar-refractivity contribution in [2.45, 2.75) is 37.3 Å². The van der Waals surface area contributed by atoms with Crippen LogP contribution in [-0.2, 0) is 10.3 Å². The quantitative estimate of drug-likeness (QED) is 0.669. The summed E-state index contributed by atoms with van der Waals surface area (Å²) in [5, 5.41) is 15.5. The summed E-state index contributed by atoms with van der Waals surface area (Å²) in [4.78, 5) is 2.41. The second kappa shape index (κ2) is 11.5. The van der Waals surface area contributed by atoms with Crippen LogP contribution in [0.5, 0.6) is 0 Å². The Morgan fingerprint density at radius 3 is 2.23 bits per heavy atom. The van der Waals surface area contributed by atoms with Gasteiger partial charge < -0.3 is 15.2 Å². The maximum atomic E-state index is 11.0. The summed E-state index contributed by atoms with van der Waals surface area (Å²) >= 11 is 12.3. The average Bonchev–Trinajstić information content (AvgIpc) is 3.36. The standard InChI is InChI=1S/C20H24Cl2N2O.C4H8O/c1-23-14-19(15-7-8-17(21)18(22)13-15)24-11-9-20(25,10-12-24)16-5-3-2-4-6-16;1-2-4-5-3-1/h2-8,13,19,23,25H,9-12,14H2,1H3;1-4H2. The first-order valence-electron chi connectivity index (χ1n) is 10.7. The molecule has 0 amide bonds. The zero-order valence-electron chi connectivity index (χ0n) is 17.6. The largest absolute Gasteiger partial charge is 0.385 e. The van der Waals surface area contributed by atoms with E-state index in [2.05, 4.69) is 10.2 Å². The summed E-state index contributed by atoms with van der Waals surface area (Å²) < 4.78 is 4.94. The van der Waals surface area contributed by atoms with Gasteiger partial charge in [-0.3, -0.25) is 4.90 Å². The van der Waals surface area contributed by atoms with Crippen molar-refractivity contribution in [2.24, 2.45) is 0 Å². The molecule has 164 valence electrons. The van der Waals surface area contributed by atoms with Crippen LogP contribution in [-0.4, -0.2) is 49.9 Å². The molecule has 6 heteroatoms. The molecular formula is C24H32Cl2N2O2. The molecule has 2 fully saturated rings. The van der Waals surface area contributed by atoms with E-state index in [1.807, 2.05) is 55.6 Å². The van der Waals surface area contributed by atoms with Gasteiger partial charge in [0.1, 0.15) is 0 Å². The van der Waals surface area contributed by atoms with Crippen molar-refractivity contribution in [1.82, 2.24) is 10.2 Å². The molecule has 0 aromatic heterocycles. The summed E-state index contributed by atoms with van der Waals surface area (Å²) in [5.41, 5.74) is 1.42. The predicted octanol–water partition coefficient (Wildman–Crippen LogP) is 5.03. The molecule has 2 aliphatic rings. The minimum absolute atomic E-state index is 0.208. The minimum Gasteiger partial charge on any atom is -0.385 e. The van der Waals surface area contributed by atoms with Gasteiger partial charge in [0.25, 0.3) is 0 Å². The lowest BCUT2D eigenvalue weighted by molar-refractivity contribution is -0.0358. The highest BCUT2D eigenvalue weighted by Crippen LogP contribution is 2.36. The van der Waals surface area contributed by atoms with Crippen molar-refractivity contribution < 1.29 is 9.84 Å². The third-order valence-electron chi connectivity index (χ3n) is 5.93. The van der Waals surface area contributed by atoms with Gasteiger partial charge in [-0.1, -0.05) is 59.6 Å². The van der Waals surface area contributed by atoms with Crippen molar-refractivity contribution >= 4 is 23.2 Å². The fourth-order valence-electron chi connectivity index (χ4n) is 4.12. The molecule has 1 atom stereocenters. The predicted molar refractivity (Wildman–Crippen MR) is 124 cm³/mol. The number of ether oxygens (including phenoxy) is 1. The number of hydrogen-bond donors (Lipinski definition) is 2. The normalized spacial score (nSPS) is 19.7. The molecule has 2 aliphatic heterocycles. The van der Waals surface area contributed by atoms with Gasteiger partial charge in [-0.25, -0.2) is 0 Å². The van der Waals surface area contributed by atoms with Crippen molar-refractivity contribution in [3.8, 4) is 0 Å². The van der Waals surface area contributed by atoms with E-state index in [-0.39, 0.29) is 6.04 Å². The van der Waals surface area contributed by atoms with Crippen LogP contribution < -0.4 is 5.32 Å². The maximum absolute atomic E-state index is 11.0. The summed E-state index contributed by atoms with van der Waals surface area (Å²) in [7, 11) is 1.95. The SMILES string of the molecule is C1CCOC1.CNCC(c1ccc(Cl)c(Cl)c1)N1CCC(O)(c2ccccc2)CC1. The number of likely N-dealkylation sites (tertiary alicyclic amines) is 1. The molecule has 1 unspecified atom stereocenters. The maximum Gasteiger partial charge on any atom is 0.0920 e. The van der Waals surface area contributed by atoms with E-state index < -0.39 is 5.60 Å². The van der Waals surface area contributed by atoms with Crippen LogP contribution in [0.1, 0.15) is 42.9 Å². The molecule has 2 aromatic rings. The van der Waals surface area contributed by atoms with E-state index in [0.29, 0.717) is 10.0 Å². The third-order valence-corrected chi connectivity index (χ3v) is 6.67. The van der Waals surface area contributed by atoms with Gasteiger partial charge in [0.15, 0.2) is 0 Å². The molecule has 4 rings (SSSR count). The van der Waals surface area contributed by atoms with Crippen molar-refractivity contribution in [3.05, 3.63) is 69.7 Å². The highest BCUT2D eigenvalue weighted by Gasteiger charge is 2.36. The Morgan fingerprint density at radius 2 is 1.70 bits per heavy atom. The smallest absolute Gasteiger partial charge is 0.0920 e. The zero-order chi connectivity index (χ0) is 21.4. The van der Waals surface area contributed by atoms with Gasteiger partial charge >= 0.3 is 0 Å². The Hall–Kier alpha value is -1.14. The molecule has 4 nitrogen and oxygen atoms in total. The molecule has 30 heavy (non-hydrogen) atoms. The van der Waals surface area contributed by atoms with Crippen LogP contribution in [0.4, 0.5) is 0 Å². The van der Waals surface area contributed by atoms with Crippen LogP contribution in [0.2, 0.25) is 10.0 Å². The molecule has 0 spiro atoms. The van der Waals surface area contributed by atoms with Crippen LogP contribution in [0.15, 0.2) is 48.5 Å². The summed E-state index contributed by atoms with van der Waals surface area (Å²) in [5.74, 6) is 0. The highest BCUT2D eigenvalue weighted by molar-refractivity contribution is 6.42. The number of nitrogens with one attached hydrogen (secondary N) is 1. The van der Waals surface area contributed by atoms with E-state index in [4.69, 9.17) is 27.9 Å². The number of piperidine rings is 1. The lowest BCUT2D eigenvalue weighted by atomic mass is 9.83. The molecule has 2 N–H and O–H groups in total. The molecule has 2 aromatic carbocycles. The third kappa shape index (κ3) is 6.19. The summed E-state index contributed by atoms with van der Waals surface area (Å²) in [6.45, 7) is 4.48. The molecule has 0 bridgehead atoms. The van der Waals surface area contributed by atoms with Gasteiger partial charge in [0, 0.05) is 38.9 Å². The number of aliphatic hydroxyl groups is 1. The van der Waals surface area contributed by atoms with E-state index in [1.54, 1.807) is 0 Å². The van der Waals surface area contributed by atoms with Crippen LogP contribution >= 0.6 is 23.2 Å². The van der Waals surface area contributed by atoms with E-state index in [1.165, 1.54) is 12.8 Å². The van der Waals surface area contributed by atoms with Gasteiger partial charge in [0.2, 0.25) is 0 Å². The molecule has 2 heterocycles. The van der Waals surface area contributed by atoms with Crippen molar-refractivity contribution in [3.63, 3.8) is 0 Å². The minimum atomic E-state index is -0.737. The summed E-state index contributed by atoms with van der Waals surface area (Å²) in [6.07, 6.45) is 4.00. The van der Waals surface area contributed by atoms with Crippen molar-refractivity contribution in [2.75, 3.05) is 39.9 Å². The Labute approximate surface area is 190 Å². The fraction of sp³-hybridized carbons (Fsp3) is 0.500. The molecule has 0 saturated carbocycles. The molecule has 0 aliphatic carbocycles. The lowest BCUT2D eigenvalue weighted by Crippen LogP contribution is -2.46. The van der Waals surface area contributed by atoms with Gasteiger partial charge in [-0.05, 0) is 56.0 Å². The van der Waals surface area contributed by atoms with Crippen LogP contribution in [0, 0.1) is 0 Å². The monoisotopic (exact) mass is 450 g/mol.